The molecule has 2 aromatic carbocycles. The lowest BCUT2D eigenvalue weighted by Gasteiger charge is -2.37. The molecule has 9 nitrogen and oxygen atoms in total. The number of nitrogens with zero attached hydrogens (tertiary/aromatic N) is 1. The molecule has 0 bridgehead atoms. The van der Waals surface area contributed by atoms with Gasteiger partial charge >= 0.3 is 0 Å². The predicted octanol–water partition coefficient (Wildman–Crippen LogP) is 4.04. The van der Waals surface area contributed by atoms with Crippen molar-refractivity contribution in [2.45, 2.75) is 69.2 Å². The highest BCUT2D eigenvalue weighted by atomic mass is 16.6. The first-order valence-corrected chi connectivity index (χ1v) is 13.9. The summed E-state index contributed by atoms with van der Waals surface area (Å²) < 4.78 is 28.9. The molecule has 3 aliphatic rings. The van der Waals surface area contributed by atoms with Crippen molar-refractivity contribution in [2.75, 3.05) is 34.0 Å². The second-order valence-corrected chi connectivity index (χ2v) is 10.4. The molecule has 0 radical (unpaired) electrons. The number of para-hydroxylation sites is 2. The predicted molar refractivity (Wildman–Crippen MR) is 144 cm³/mol. The number of methoxy groups -OCH3 is 2. The number of rotatable bonds is 9. The number of benzene rings is 2. The molecule has 39 heavy (non-hydrogen) atoms. The van der Waals surface area contributed by atoms with Gasteiger partial charge in [0.05, 0.1) is 20.3 Å². The van der Waals surface area contributed by atoms with Crippen molar-refractivity contribution in [3.8, 4) is 23.0 Å². The van der Waals surface area contributed by atoms with Crippen LogP contribution in [-0.2, 0) is 14.3 Å². The van der Waals surface area contributed by atoms with Gasteiger partial charge in [0.25, 0.3) is 5.91 Å². The third-order valence-corrected chi connectivity index (χ3v) is 7.73. The highest BCUT2D eigenvalue weighted by Gasteiger charge is 2.40. The summed E-state index contributed by atoms with van der Waals surface area (Å²) in [6, 6.07) is 11.8. The number of amides is 2. The topological polar surface area (TPSA) is 95.6 Å². The van der Waals surface area contributed by atoms with E-state index in [2.05, 4.69) is 5.32 Å². The van der Waals surface area contributed by atoms with E-state index in [1.54, 1.807) is 37.3 Å². The van der Waals surface area contributed by atoms with E-state index in [0.717, 1.165) is 38.5 Å². The summed E-state index contributed by atoms with van der Waals surface area (Å²) in [4.78, 5) is 29.9. The molecular formula is C30H38N2O7. The molecule has 2 amide bonds. The van der Waals surface area contributed by atoms with Crippen LogP contribution in [-0.4, -0.2) is 68.9 Å². The van der Waals surface area contributed by atoms with Crippen molar-refractivity contribution in [2.24, 2.45) is 0 Å². The molecule has 2 heterocycles. The maximum atomic E-state index is 14.2. The minimum absolute atomic E-state index is 0.0563. The standard InChI is InChI=1S/C30H38N2O7/c1-35-23-15-14-20(17-26(23)36-2)28(29(33)31-21-9-4-3-5-10-21)32(18-22-11-8-16-37-22)30(34)27-19-38-24-12-6-7-13-25(24)39-27/h6-7,12-15,17,21-22,27-28H,3-5,8-11,16,18-19H2,1-2H3,(H,31,33)/t22-,27+,28-/m1/s1. The summed E-state index contributed by atoms with van der Waals surface area (Å²) in [7, 11) is 3.12. The Balaban J connectivity index is 1.50. The molecule has 0 aromatic heterocycles. The van der Waals surface area contributed by atoms with Crippen LogP contribution in [0.5, 0.6) is 23.0 Å². The Kier molecular flexibility index (Phi) is 8.76. The quantitative estimate of drug-likeness (QED) is 0.515. The van der Waals surface area contributed by atoms with E-state index in [1.165, 1.54) is 6.42 Å². The number of fused-ring (bicyclic) bond motifs is 1. The molecule has 3 atom stereocenters. The number of carbonyl (C=O) groups excluding carboxylic acids is 2. The molecule has 9 heteroatoms. The zero-order valence-corrected chi connectivity index (χ0v) is 22.7. The van der Waals surface area contributed by atoms with Gasteiger partial charge in [-0.15, -0.1) is 0 Å². The lowest BCUT2D eigenvalue weighted by atomic mass is 9.94. The number of ether oxygens (including phenoxy) is 5. The first-order chi connectivity index (χ1) is 19.1. The number of hydrogen-bond donors (Lipinski definition) is 1. The van der Waals surface area contributed by atoms with E-state index >= 15 is 0 Å². The minimum Gasteiger partial charge on any atom is -0.493 e. The summed E-state index contributed by atoms with van der Waals surface area (Å²) in [6.07, 6.45) is 5.86. The molecule has 5 rings (SSSR count). The zero-order chi connectivity index (χ0) is 27.2. The summed E-state index contributed by atoms with van der Waals surface area (Å²) in [6.45, 7) is 0.955. The minimum atomic E-state index is -0.913. The van der Waals surface area contributed by atoms with Gasteiger partial charge in [-0.1, -0.05) is 37.5 Å². The zero-order valence-electron chi connectivity index (χ0n) is 22.7. The smallest absolute Gasteiger partial charge is 0.268 e. The Morgan fingerprint density at radius 1 is 0.974 bits per heavy atom. The van der Waals surface area contributed by atoms with E-state index in [0.29, 0.717) is 35.2 Å². The normalized spacial score (nSPS) is 21.6. The fourth-order valence-electron chi connectivity index (χ4n) is 5.68. The van der Waals surface area contributed by atoms with Crippen LogP contribution in [0.15, 0.2) is 42.5 Å². The third kappa shape index (κ3) is 6.24. The Morgan fingerprint density at radius 2 is 1.74 bits per heavy atom. The molecule has 0 unspecified atom stereocenters. The molecule has 1 N–H and O–H groups in total. The fraction of sp³-hybridized carbons (Fsp3) is 0.533. The first kappa shape index (κ1) is 27.1. The van der Waals surface area contributed by atoms with Crippen LogP contribution in [0.3, 0.4) is 0 Å². The third-order valence-electron chi connectivity index (χ3n) is 7.73. The van der Waals surface area contributed by atoms with Crippen LogP contribution < -0.4 is 24.3 Å². The van der Waals surface area contributed by atoms with Gasteiger partial charge in [0.2, 0.25) is 12.0 Å². The van der Waals surface area contributed by atoms with Gasteiger partial charge in [0.1, 0.15) is 12.6 Å². The SMILES string of the molecule is COc1ccc([C@H](C(=O)NC2CCCCC2)N(C[C@H]2CCCO2)C(=O)[C@@H]2COc3ccccc3O2)cc1OC. The van der Waals surface area contributed by atoms with Crippen LogP contribution in [0.2, 0.25) is 0 Å². The largest absolute Gasteiger partial charge is 0.493 e. The Bertz CT molecular complexity index is 1140. The average Bonchev–Trinajstić information content (AvgIpc) is 3.50. The van der Waals surface area contributed by atoms with Gasteiger partial charge in [0, 0.05) is 19.2 Å². The number of carbonyl (C=O) groups is 2. The number of nitrogens with one attached hydrogen (secondary N) is 1. The van der Waals surface area contributed by atoms with Gasteiger partial charge in [-0.25, -0.2) is 0 Å². The van der Waals surface area contributed by atoms with Crippen LogP contribution in [0.1, 0.15) is 56.6 Å². The average molecular weight is 539 g/mol. The molecule has 1 saturated carbocycles. The van der Waals surface area contributed by atoms with Crippen LogP contribution in [0, 0.1) is 0 Å². The van der Waals surface area contributed by atoms with E-state index < -0.39 is 12.1 Å². The maximum Gasteiger partial charge on any atom is 0.268 e. The van der Waals surface area contributed by atoms with Crippen molar-refractivity contribution >= 4 is 11.8 Å². The molecule has 2 aromatic rings. The van der Waals surface area contributed by atoms with Crippen molar-refractivity contribution in [3.05, 3.63) is 48.0 Å². The fourth-order valence-corrected chi connectivity index (χ4v) is 5.68. The molecule has 2 fully saturated rings. The van der Waals surface area contributed by atoms with E-state index in [9.17, 15) is 9.59 Å². The Labute approximate surface area is 229 Å². The monoisotopic (exact) mass is 538 g/mol. The summed E-state index contributed by atoms with van der Waals surface area (Å²) in [5.41, 5.74) is 0.629. The highest BCUT2D eigenvalue weighted by molar-refractivity contribution is 5.91. The summed E-state index contributed by atoms with van der Waals surface area (Å²) in [5, 5.41) is 3.24. The maximum absolute atomic E-state index is 14.2. The van der Waals surface area contributed by atoms with Gasteiger partial charge in [-0.3, -0.25) is 9.59 Å². The molecule has 1 aliphatic carbocycles. The van der Waals surface area contributed by atoms with E-state index in [-0.39, 0.29) is 37.1 Å². The van der Waals surface area contributed by atoms with Gasteiger partial charge in [-0.2, -0.15) is 0 Å². The van der Waals surface area contributed by atoms with Crippen LogP contribution in [0.4, 0.5) is 0 Å². The molecule has 0 spiro atoms. The molecule has 210 valence electrons. The summed E-state index contributed by atoms with van der Waals surface area (Å²) >= 11 is 0. The van der Waals surface area contributed by atoms with Gasteiger partial charge in [0.15, 0.2) is 23.0 Å². The van der Waals surface area contributed by atoms with E-state index in [4.69, 9.17) is 23.7 Å². The van der Waals surface area contributed by atoms with Gasteiger partial charge < -0.3 is 33.9 Å². The highest BCUT2D eigenvalue weighted by Crippen LogP contribution is 2.36. The molecular weight excluding hydrogens is 500 g/mol. The molecule has 2 aliphatic heterocycles. The summed E-state index contributed by atoms with van der Waals surface area (Å²) in [5.74, 6) is 1.59. The number of hydrogen-bond acceptors (Lipinski definition) is 7. The van der Waals surface area contributed by atoms with Crippen LogP contribution in [0.25, 0.3) is 0 Å². The Morgan fingerprint density at radius 3 is 2.46 bits per heavy atom. The van der Waals surface area contributed by atoms with Crippen molar-refractivity contribution in [1.29, 1.82) is 0 Å². The molecule has 1 saturated heterocycles. The van der Waals surface area contributed by atoms with E-state index in [1.807, 2.05) is 24.3 Å². The van der Waals surface area contributed by atoms with Crippen molar-refractivity contribution < 1.29 is 33.3 Å². The second kappa shape index (κ2) is 12.6. The lowest BCUT2D eigenvalue weighted by molar-refractivity contribution is -0.150. The van der Waals surface area contributed by atoms with Crippen molar-refractivity contribution in [1.82, 2.24) is 10.2 Å². The van der Waals surface area contributed by atoms with Crippen molar-refractivity contribution in [3.63, 3.8) is 0 Å². The lowest BCUT2D eigenvalue weighted by Crippen LogP contribution is -2.54. The first-order valence-electron chi connectivity index (χ1n) is 13.9. The van der Waals surface area contributed by atoms with Gasteiger partial charge in [-0.05, 0) is 55.5 Å². The second-order valence-electron chi connectivity index (χ2n) is 10.4. The van der Waals surface area contributed by atoms with Crippen LogP contribution >= 0.6 is 0 Å². The Hall–Kier alpha value is -3.46.